The summed E-state index contributed by atoms with van der Waals surface area (Å²) in [6, 6.07) is 0. The number of hydrogen-bond donors (Lipinski definition) is 0. The summed E-state index contributed by atoms with van der Waals surface area (Å²) in [6.07, 6.45) is 12.3. The van der Waals surface area contributed by atoms with E-state index in [1.165, 1.54) is 19.3 Å². The fourth-order valence-electron chi connectivity index (χ4n) is 4.44. The van der Waals surface area contributed by atoms with Gasteiger partial charge in [-0.1, -0.05) is 25.5 Å². The molecule has 0 radical (unpaired) electrons. The first kappa shape index (κ1) is 8.08. The average molecular weight is 176 g/mol. The summed E-state index contributed by atoms with van der Waals surface area (Å²) in [5.74, 6) is 5.51. The molecule has 0 aliphatic heterocycles. The Hall–Kier alpha value is -0.260. The first-order chi connectivity index (χ1) is 6.40. The lowest BCUT2D eigenvalue weighted by atomic mass is 9.69. The predicted molar refractivity (Wildman–Crippen MR) is 55.3 cm³/mol. The molecule has 2 bridgehead atoms. The van der Waals surface area contributed by atoms with Crippen LogP contribution < -0.4 is 0 Å². The predicted octanol–water partition coefficient (Wildman–Crippen LogP) is 3.63. The van der Waals surface area contributed by atoms with Crippen molar-refractivity contribution in [2.45, 2.75) is 39.0 Å². The Balaban J connectivity index is 1.84. The third kappa shape index (κ3) is 1.04. The van der Waals surface area contributed by atoms with Crippen molar-refractivity contribution in [3.63, 3.8) is 0 Å². The van der Waals surface area contributed by atoms with Crippen LogP contribution in [0.15, 0.2) is 12.2 Å². The molecule has 3 rings (SSSR count). The highest BCUT2D eigenvalue weighted by molar-refractivity contribution is 5.07. The van der Waals surface area contributed by atoms with Gasteiger partial charge in [-0.3, -0.25) is 0 Å². The minimum absolute atomic E-state index is 1.09. The zero-order chi connectivity index (χ0) is 8.84. The summed E-state index contributed by atoms with van der Waals surface area (Å²) in [6.45, 7) is 2.39. The fourth-order valence-corrected chi connectivity index (χ4v) is 4.44. The van der Waals surface area contributed by atoms with E-state index in [1.807, 2.05) is 0 Å². The highest BCUT2D eigenvalue weighted by atomic mass is 14.6. The largest absolute Gasteiger partial charge is 0.0882 e. The van der Waals surface area contributed by atoms with Crippen molar-refractivity contribution in [3.05, 3.63) is 12.2 Å². The maximum Gasteiger partial charge on any atom is -0.0314 e. The molecule has 13 heavy (non-hydrogen) atoms. The fraction of sp³-hybridized carbons (Fsp3) is 0.846. The third-order valence-electron chi connectivity index (χ3n) is 5.00. The SMILES string of the molecule is CCC1CC2CC1C1CC=CCC21. The summed E-state index contributed by atoms with van der Waals surface area (Å²) in [5, 5.41) is 0. The van der Waals surface area contributed by atoms with Gasteiger partial charge in [0.1, 0.15) is 0 Å². The highest BCUT2D eigenvalue weighted by Crippen LogP contribution is 2.59. The molecule has 0 aromatic heterocycles. The first-order valence-electron chi connectivity index (χ1n) is 6.05. The van der Waals surface area contributed by atoms with Gasteiger partial charge in [0.05, 0.1) is 0 Å². The second-order valence-corrected chi connectivity index (χ2v) is 5.33. The van der Waals surface area contributed by atoms with Crippen LogP contribution in [0.1, 0.15) is 39.0 Å². The Morgan fingerprint density at radius 2 is 1.77 bits per heavy atom. The number of fused-ring (bicyclic) bond motifs is 5. The van der Waals surface area contributed by atoms with E-state index in [9.17, 15) is 0 Å². The van der Waals surface area contributed by atoms with Gasteiger partial charge in [-0.15, -0.1) is 0 Å². The number of allylic oxidation sites excluding steroid dienone is 2. The summed E-state index contributed by atoms with van der Waals surface area (Å²) < 4.78 is 0. The Kier molecular flexibility index (Phi) is 1.78. The van der Waals surface area contributed by atoms with Crippen molar-refractivity contribution >= 4 is 0 Å². The molecule has 3 aliphatic carbocycles. The Labute approximate surface area is 81.4 Å². The minimum atomic E-state index is 1.09. The van der Waals surface area contributed by atoms with Crippen LogP contribution in [0.5, 0.6) is 0 Å². The van der Waals surface area contributed by atoms with E-state index in [-0.39, 0.29) is 0 Å². The molecule has 3 aliphatic rings. The lowest BCUT2D eigenvalue weighted by Crippen LogP contribution is -2.28. The second kappa shape index (κ2) is 2.87. The van der Waals surface area contributed by atoms with Crippen LogP contribution in [0.3, 0.4) is 0 Å². The standard InChI is InChI=1S/C13H20/c1-2-9-7-10-8-13(9)12-6-4-3-5-11(10)12/h3-4,9-13H,2,5-8H2,1H3. The zero-order valence-electron chi connectivity index (χ0n) is 8.58. The normalized spacial score (nSPS) is 52.5. The maximum atomic E-state index is 2.44. The van der Waals surface area contributed by atoms with Crippen molar-refractivity contribution in [3.8, 4) is 0 Å². The van der Waals surface area contributed by atoms with Crippen LogP contribution >= 0.6 is 0 Å². The van der Waals surface area contributed by atoms with Crippen LogP contribution in [-0.4, -0.2) is 0 Å². The molecule has 0 aromatic rings. The van der Waals surface area contributed by atoms with Gasteiger partial charge in [0.2, 0.25) is 0 Å². The van der Waals surface area contributed by atoms with E-state index >= 15 is 0 Å². The van der Waals surface area contributed by atoms with Crippen molar-refractivity contribution in [1.29, 1.82) is 0 Å². The molecule has 2 saturated carbocycles. The molecule has 0 N–H and O–H groups in total. The van der Waals surface area contributed by atoms with Gasteiger partial charge < -0.3 is 0 Å². The maximum absolute atomic E-state index is 2.44. The smallest absolute Gasteiger partial charge is 0.0314 e. The van der Waals surface area contributed by atoms with Gasteiger partial charge in [0.15, 0.2) is 0 Å². The van der Waals surface area contributed by atoms with E-state index in [4.69, 9.17) is 0 Å². The van der Waals surface area contributed by atoms with Crippen molar-refractivity contribution in [2.24, 2.45) is 29.6 Å². The highest BCUT2D eigenvalue weighted by Gasteiger charge is 2.50. The van der Waals surface area contributed by atoms with E-state index in [2.05, 4.69) is 19.1 Å². The summed E-state index contributed by atoms with van der Waals surface area (Å²) in [5.41, 5.74) is 0. The Morgan fingerprint density at radius 1 is 1.00 bits per heavy atom. The molecule has 0 spiro atoms. The van der Waals surface area contributed by atoms with Crippen LogP contribution in [0, 0.1) is 29.6 Å². The van der Waals surface area contributed by atoms with Crippen LogP contribution in [0.25, 0.3) is 0 Å². The molecule has 0 saturated heterocycles. The van der Waals surface area contributed by atoms with Gasteiger partial charge >= 0.3 is 0 Å². The van der Waals surface area contributed by atoms with Gasteiger partial charge in [0.25, 0.3) is 0 Å². The topological polar surface area (TPSA) is 0 Å². The van der Waals surface area contributed by atoms with Gasteiger partial charge in [-0.25, -0.2) is 0 Å². The molecule has 5 atom stereocenters. The zero-order valence-corrected chi connectivity index (χ0v) is 8.58. The van der Waals surface area contributed by atoms with Crippen LogP contribution in [-0.2, 0) is 0 Å². The van der Waals surface area contributed by atoms with Gasteiger partial charge in [0, 0.05) is 0 Å². The van der Waals surface area contributed by atoms with Crippen LogP contribution in [0.2, 0.25) is 0 Å². The molecule has 0 heteroatoms. The lowest BCUT2D eigenvalue weighted by Gasteiger charge is -2.36. The number of hydrogen-bond acceptors (Lipinski definition) is 0. The Bertz CT molecular complexity index is 228. The molecule has 5 unspecified atom stereocenters. The van der Waals surface area contributed by atoms with Crippen molar-refractivity contribution in [2.75, 3.05) is 0 Å². The molecular formula is C13H20. The second-order valence-electron chi connectivity index (χ2n) is 5.33. The monoisotopic (exact) mass is 176 g/mol. The quantitative estimate of drug-likeness (QED) is 0.535. The summed E-state index contributed by atoms with van der Waals surface area (Å²) >= 11 is 0. The molecule has 0 nitrogen and oxygen atoms in total. The van der Waals surface area contributed by atoms with Gasteiger partial charge in [-0.2, -0.15) is 0 Å². The molecule has 0 aromatic carbocycles. The van der Waals surface area contributed by atoms with E-state index < -0.39 is 0 Å². The minimum Gasteiger partial charge on any atom is -0.0882 e. The third-order valence-corrected chi connectivity index (χ3v) is 5.00. The number of rotatable bonds is 1. The molecule has 0 heterocycles. The Morgan fingerprint density at radius 3 is 2.54 bits per heavy atom. The van der Waals surface area contributed by atoms with Crippen molar-refractivity contribution in [1.82, 2.24) is 0 Å². The van der Waals surface area contributed by atoms with Crippen molar-refractivity contribution < 1.29 is 0 Å². The lowest BCUT2D eigenvalue weighted by molar-refractivity contribution is 0.154. The molecule has 72 valence electrons. The summed E-state index contributed by atoms with van der Waals surface area (Å²) in [4.78, 5) is 0. The summed E-state index contributed by atoms with van der Waals surface area (Å²) in [7, 11) is 0. The first-order valence-corrected chi connectivity index (χ1v) is 6.05. The van der Waals surface area contributed by atoms with E-state index in [0.717, 1.165) is 29.6 Å². The molecular weight excluding hydrogens is 156 g/mol. The van der Waals surface area contributed by atoms with Crippen LogP contribution in [0.4, 0.5) is 0 Å². The van der Waals surface area contributed by atoms with E-state index in [0.29, 0.717) is 0 Å². The van der Waals surface area contributed by atoms with E-state index in [1.54, 1.807) is 12.8 Å². The molecule has 0 amide bonds. The molecule has 2 fully saturated rings. The van der Waals surface area contributed by atoms with Gasteiger partial charge in [-0.05, 0) is 55.3 Å². The average Bonchev–Trinajstić information content (AvgIpc) is 2.75.